The van der Waals surface area contributed by atoms with E-state index in [-0.39, 0.29) is 48.6 Å². The van der Waals surface area contributed by atoms with Gasteiger partial charge in [-0.3, -0.25) is 44.2 Å². The number of carbonyl (C=O) groups is 6. The zero-order valence-electron chi connectivity index (χ0n) is 30.6. The number of benzene rings is 3. The van der Waals surface area contributed by atoms with Crippen LogP contribution in [0.25, 0.3) is 0 Å². The second kappa shape index (κ2) is 16.9. The minimum Gasteiger partial charge on any atom is -0.469 e. The number of esters is 1. The molecule has 0 aromatic heterocycles. The van der Waals surface area contributed by atoms with Crippen LogP contribution in [0.5, 0.6) is 0 Å². The molecule has 0 aliphatic carbocycles. The largest absolute Gasteiger partial charge is 0.469 e. The molecule has 1 fully saturated rings. The Kier molecular flexibility index (Phi) is 12.4. The molecule has 2 aliphatic rings. The van der Waals surface area contributed by atoms with Gasteiger partial charge < -0.3 is 19.7 Å². The van der Waals surface area contributed by atoms with Crippen molar-refractivity contribution in [1.29, 1.82) is 0 Å². The van der Waals surface area contributed by atoms with Gasteiger partial charge in [0.05, 0.1) is 43.3 Å². The Hall–Kier alpha value is -5.76. The predicted molar refractivity (Wildman–Crippen MR) is 195 cm³/mol. The maximum atomic E-state index is 14.8. The van der Waals surface area contributed by atoms with E-state index in [2.05, 4.69) is 10.6 Å². The summed E-state index contributed by atoms with van der Waals surface area (Å²) in [5, 5.41) is 18.4. The van der Waals surface area contributed by atoms with E-state index in [4.69, 9.17) is 9.47 Å². The molecule has 284 valence electrons. The van der Waals surface area contributed by atoms with Gasteiger partial charge in [-0.1, -0.05) is 93.1 Å². The Bertz CT molecular complexity index is 1920. The van der Waals surface area contributed by atoms with Gasteiger partial charge in [-0.2, -0.15) is 0 Å². The molecule has 0 spiro atoms. The summed E-state index contributed by atoms with van der Waals surface area (Å²) >= 11 is 0. The highest BCUT2D eigenvalue weighted by atomic mass is 16.6. The quantitative estimate of drug-likeness (QED) is 0.0404. The summed E-state index contributed by atoms with van der Waals surface area (Å²) in [5.74, 6) is -5.99. The van der Waals surface area contributed by atoms with E-state index in [1.54, 1.807) is 30.3 Å². The number of methoxy groups -OCH3 is 1. The standard InChI is InChI=1S/C40H44N4O10/c1-5-24(2)36(54-23-25-14-8-6-9-15-25)33-35(44(51)52)34(26-16-10-7-11-17-26)43(40(33,3)39(50)41-21-13-20-31(47)53-4)30(46)22-29(45)27-18-12-19-28-32(27)38(49)42-37(28)48/h6-12,14-19,24,33-36H,5,13,20-23H2,1-4H3,(H,41,50)(H,42,48,49)/t24-,33-,34-,35-,36-,40-/m0/s1. The van der Waals surface area contributed by atoms with Gasteiger partial charge in [0.15, 0.2) is 5.78 Å². The fraction of sp³-hybridized carbons (Fsp3) is 0.400. The molecule has 54 heavy (non-hydrogen) atoms. The minimum absolute atomic E-state index is 0.00854. The van der Waals surface area contributed by atoms with Gasteiger partial charge >= 0.3 is 5.97 Å². The maximum Gasteiger partial charge on any atom is 0.305 e. The summed E-state index contributed by atoms with van der Waals surface area (Å²) in [6, 6.07) is 18.7. The molecule has 2 heterocycles. The van der Waals surface area contributed by atoms with Gasteiger partial charge in [0, 0.05) is 23.5 Å². The third-order valence-electron chi connectivity index (χ3n) is 10.5. The van der Waals surface area contributed by atoms with Gasteiger partial charge in [-0.05, 0) is 36.5 Å². The topological polar surface area (TPSA) is 191 Å². The Balaban J connectivity index is 1.65. The van der Waals surface area contributed by atoms with E-state index in [1.807, 2.05) is 44.2 Å². The van der Waals surface area contributed by atoms with Crippen molar-refractivity contribution >= 4 is 35.4 Å². The normalized spacial score (nSPS) is 21.5. The van der Waals surface area contributed by atoms with Crippen LogP contribution >= 0.6 is 0 Å². The number of nitrogens with zero attached hydrogens (tertiary/aromatic N) is 2. The molecule has 0 saturated carbocycles. The number of hydrogen-bond donors (Lipinski definition) is 2. The number of likely N-dealkylation sites (tertiary alicyclic amines) is 1. The lowest BCUT2D eigenvalue weighted by Gasteiger charge is -2.42. The molecule has 2 aliphatic heterocycles. The summed E-state index contributed by atoms with van der Waals surface area (Å²) < 4.78 is 11.3. The number of ether oxygens (including phenoxy) is 2. The first kappa shape index (κ1) is 39.4. The zero-order chi connectivity index (χ0) is 39.2. The first-order chi connectivity index (χ1) is 25.8. The highest BCUT2D eigenvalue weighted by Gasteiger charge is 2.69. The van der Waals surface area contributed by atoms with Gasteiger partial charge in [-0.15, -0.1) is 0 Å². The minimum atomic E-state index is -1.99. The molecule has 2 N–H and O–H groups in total. The number of carbonyl (C=O) groups excluding carboxylic acids is 6. The third-order valence-corrected chi connectivity index (χ3v) is 10.5. The highest BCUT2D eigenvalue weighted by molar-refractivity contribution is 6.26. The average Bonchev–Trinajstić information content (AvgIpc) is 3.63. The number of rotatable bonds is 16. The lowest BCUT2D eigenvalue weighted by molar-refractivity contribution is -0.536. The number of ketones is 1. The lowest BCUT2D eigenvalue weighted by atomic mass is 9.74. The van der Waals surface area contributed by atoms with Crippen molar-refractivity contribution in [2.75, 3.05) is 13.7 Å². The summed E-state index contributed by atoms with van der Waals surface area (Å²) in [6.45, 7) is 5.28. The van der Waals surface area contributed by atoms with Gasteiger partial charge in [0.1, 0.15) is 11.6 Å². The first-order valence-electron chi connectivity index (χ1n) is 17.9. The number of nitrogens with one attached hydrogen (secondary N) is 2. The van der Waals surface area contributed by atoms with Crippen LogP contribution in [0.4, 0.5) is 0 Å². The number of Topliss-reactive ketones (excluding diaryl/α,β-unsaturated/α-hetero) is 1. The Morgan fingerprint density at radius 3 is 2.28 bits per heavy atom. The number of amides is 4. The van der Waals surface area contributed by atoms with Crippen molar-refractivity contribution in [2.45, 2.75) is 76.8 Å². The van der Waals surface area contributed by atoms with Crippen LogP contribution in [-0.2, 0) is 30.5 Å². The summed E-state index contributed by atoms with van der Waals surface area (Å²) in [4.78, 5) is 94.6. The van der Waals surface area contributed by atoms with E-state index < -0.39 is 76.4 Å². The van der Waals surface area contributed by atoms with Crippen LogP contribution < -0.4 is 10.6 Å². The Morgan fingerprint density at radius 2 is 1.65 bits per heavy atom. The van der Waals surface area contributed by atoms with Gasteiger partial charge in [0.2, 0.25) is 17.9 Å². The third kappa shape index (κ3) is 7.79. The SMILES string of the molecule is CC[C@H](C)[C@H](OCc1ccccc1)[C@@H]1[C@H]([N+](=O)[O-])[C@H](c2ccccc2)N(C(=O)CC(=O)c2cccc3c2C(=O)NC3=O)[C@]1(C)C(=O)NCCCC(=O)OC. The Morgan fingerprint density at radius 1 is 0.981 bits per heavy atom. The van der Waals surface area contributed by atoms with Crippen molar-refractivity contribution in [3.63, 3.8) is 0 Å². The number of imide groups is 1. The number of hydrogen-bond acceptors (Lipinski definition) is 10. The molecule has 0 unspecified atom stereocenters. The molecule has 14 nitrogen and oxygen atoms in total. The maximum absolute atomic E-state index is 14.8. The molecule has 14 heteroatoms. The summed E-state index contributed by atoms with van der Waals surface area (Å²) in [6.07, 6.45) is -1.12. The van der Waals surface area contributed by atoms with E-state index in [9.17, 15) is 38.9 Å². The zero-order valence-corrected chi connectivity index (χ0v) is 30.6. The first-order valence-corrected chi connectivity index (χ1v) is 17.9. The van der Waals surface area contributed by atoms with Crippen LogP contribution in [0.3, 0.4) is 0 Å². The van der Waals surface area contributed by atoms with Gasteiger partial charge in [0.25, 0.3) is 11.8 Å². The van der Waals surface area contributed by atoms with Crippen LogP contribution in [0, 0.1) is 22.0 Å². The van der Waals surface area contributed by atoms with Crippen LogP contribution in [0.15, 0.2) is 78.9 Å². The molecule has 3 aromatic rings. The van der Waals surface area contributed by atoms with Crippen molar-refractivity contribution in [2.24, 2.45) is 11.8 Å². The fourth-order valence-electron chi connectivity index (χ4n) is 7.67. The molecule has 0 bridgehead atoms. The molecule has 4 amide bonds. The Labute approximate surface area is 312 Å². The monoisotopic (exact) mass is 740 g/mol. The van der Waals surface area contributed by atoms with Crippen LogP contribution in [-0.4, -0.2) is 76.5 Å². The molecule has 3 aromatic carbocycles. The van der Waals surface area contributed by atoms with Crippen molar-refractivity contribution in [3.8, 4) is 0 Å². The summed E-state index contributed by atoms with van der Waals surface area (Å²) in [7, 11) is 1.25. The smallest absolute Gasteiger partial charge is 0.305 e. The highest BCUT2D eigenvalue weighted by Crippen LogP contribution is 2.52. The molecule has 1 saturated heterocycles. The molecule has 5 rings (SSSR count). The van der Waals surface area contributed by atoms with Crippen LogP contribution in [0.1, 0.15) is 94.7 Å². The lowest BCUT2D eigenvalue weighted by Crippen LogP contribution is -2.62. The second-order valence-electron chi connectivity index (χ2n) is 13.8. The molecular formula is C40H44N4O10. The van der Waals surface area contributed by atoms with Crippen molar-refractivity contribution < 1.29 is 43.2 Å². The van der Waals surface area contributed by atoms with Crippen molar-refractivity contribution in [3.05, 3.63) is 117 Å². The molecule has 6 atom stereocenters. The number of fused-ring (bicyclic) bond motifs is 1. The summed E-state index contributed by atoms with van der Waals surface area (Å²) in [5.41, 5.74) is -1.18. The van der Waals surface area contributed by atoms with E-state index in [0.717, 1.165) is 10.5 Å². The van der Waals surface area contributed by atoms with E-state index >= 15 is 0 Å². The second-order valence-corrected chi connectivity index (χ2v) is 13.8. The average molecular weight is 741 g/mol. The van der Waals surface area contributed by atoms with Crippen molar-refractivity contribution in [1.82, 2.24) is 15.5 Å². The van der Waals surface area contributed by atoms with E-state index in [0.29, 0.717) is 12.0 Å². The van der Waals surface area contributed by atoms with Crippen LogP contribution in [0.2, 0.25) is 0 Å². The molecular weight excluding hydrogens is 696 g/mol. The predicted octanol–water partition coefficient (Wildman–Crippen LogP) is 4.45. The molecule has 0 radical (unpaired) electrons. The van der Waals surface area contributed by atoms with Gasteiger partial charge in [-0.25, -0.2) is 0 Å². The fourth-order valence-corrected chi connectivity index (χ4v) is 7.67. The number of nitro groups is 1. The van der Waals surface area contributed by atoms with E-state index in [1.165, 1.54) is 32.2 Å².